The Kier molecular flexibility index (Phi) is 6.60. The first kappa shape index (κ1) is 30.9. The minimum Gasteiger partial charge on any atom is -0.309 e. The molecule has 0 saturated carbocycles. The third-order valence-electron chi connectivity index (χ3n) is 11.5. The van der Waals surface area contributed by atoms with Crippen LogP contribution in [0.3, 0.4) is 0 Å². The van der Waals surface area contributed by atoms with E-state index in [0.29, 0.717) is 5.82 Å². The van der Waals surface area contributed by atoms with Crippen LogP contribution in [0.4, 0.5) is 0 Å². The van der Waals surface area contributed by atoms with Crippen LogP contribution in [0, 0.1) is 0 Å². The van der Waals surface area contributed by atoms with Crippen molar-refractivity contribution in [2.75, 3.05) is 0 Å². The summed E-state index contributed by atoms with van der Waals surface area (Å²) >= 11 is 0. The van der Waals surface area contributed by atoms with Gasteiger partial charge in [-0.3, -0.25) is 0 Å². The minimum atomic E-state index is 0.702. The number of aromatic nitrogens is 4. The molecule has 3 heterocycles. The Morgan fingerprint density at radius 2 is 0.893 bits per heavy atom. The van der Waals surface area contributed by atoms with E-state index in [1.54, 1.807) is 0 Å². The van der Waals surface area contributed by atoms with E-state index in [1.165, 1.54) is 54.1 Å². The van der Waals surface area contributed by atoms with Gasteiger partial charge in [-0.05, 0) is 82.2 Å². The summed E-state index contributed by atoms with van der Waals surface area (Å²) in [5, 5.41) is 10.8. The Morgan fingerprint density at radius 3 is 1.70 bits per heavy atom. The lowest BCUT2D eigenvalue weighted by Gasteiger charge is -2.13. The number of hydrogen-bond donors (Lipinski definition) is 0. The van der Waals surface area contributed by atoms with Crippen molar-refractivity contribution in [2.24, 2.45) is 0 Å². The zero-order chi connectivity index (χ0) is 36.7. The Morgan fingerprint density at radius 1 is 0.321 bits per heavy atom. The average molecular weight is 713 g/mol. The molecule has 0 fully saturated rings. The van der Waals surface area contributed by atoms with E-state index in [0.717, 1.165) is 50.1 Å². The Hall–Kier alpha value is -7.56. The van der Waals surface area contributed by atoms with E-state index in [1.807, 2.05) is 0 Å². The van der Waals surface area contributed by atoms with E-state index in [-0.39, 0.29) is 0 Å². The normalized spacial score (nSPS) is 11.9. The maximum absolute atomic E-state index is 5.35. The quantitative estimate of drug-likeness (QED) is 0.182. The molecular formula is C52H32N4. The summed E-state index contributed by atoms with van der Waals surface area (Å²) in [6.07, 6.45) is 0. The summed E-state index contributed by atoms with van der Waals surface area (Å²) in [6.45, 7) is 0. The van der Waals surface area contributed by atoms with Crippen LogP contribution in [0.2, 0.25) is 0 Å². The molecule has 0 unspecified atom stereocenters. The van der Waals surface area contributed by atoms with Crippen molar-refractivity contribution in [1.29, 1.82) is 0 Å². The molecule has 3 aromatic heterocycles. The number of benzene rings is 9. The van der Waals surface area contributed by atoms with Crippen molar-refractivity contribution in [3.05, 3.63) is 194 Å². The van der Waals surface area contributed by atoms with E-state index < -0.39 is 0 Å². The van der Waals surface area contributed by atoms with Crippen LogP contribution < -0.4 is 0 Å². The fraction of sp³-hybridized carbons (Fsp3) is 0. The number of nitrogens with zero attached hydrogens (tertiary/aromatic N) is 4. The maximum atomic E-state index is 5.35. The third kappa shape index (κ3) is 4.60. The molecule has 0 aliphatic heterocycles. The monoisotopic (exact) mass is 712 g/mol. The van der Waals surface area contributed by atoms with Gasteiger partial charge in [0.1, 0.15) is 0 Å². The molecule has 12 rings (SSSR count). The first-order valence-electron chi connectivity index (χ1n) is 19.1. The summed E-state index contributed by atoms with van der Waals surface area (Å²) in [6, 6.07) is 69.7. The van der Waals surface area contributed by atoms with Gasteiger partial charge in [-0.1, -0.05) is 133 Å². The molecule has 12 aromatic rings. The SMILES string of the molecule is c1cc(-c2nc(-c3cccc4ccccc34)c3ccccc3n2)cc(-n2c3ccc(-n4c5ccccc5c5ccccc54)cc3c3cc4ccccc4cc32)c1. The highest BCUT2D eigenvalue weighted by Crippen LogP contribution is 2.40. The number of para-hydroxylation sites is 3. The molecule has 0 aliphatic rings. The molecule has 0 radical (unpaired) electrons. The van der Waals surface area contributed by atoms with Gasteiger partial charge in [0, 0.05) is 49.4 Å². The van der Waals surface area contributed by atoms with Crippen molar-refractivity contribution < 1.29 is 0 Å². The summed E-state index contributed by atoms with van der Waals surface area (Å²) in [4.78, 5) is 10.5. The van der Waals surface area contributed by atoms with Crippen LogP contribution in [0.15, 0.2) is 194 Å². The first-order chi connectivity index (χ1) is 27.8. The molecule has 56 heavy (non-hydrogen) atoms. The predicted molar refractivity (Wildman–Crippen MR) is 234 cm³/mol. The summed E-state index contributed by atoms with van der Waals surface area (Å²) in [7, 11) is 0. The van der Waals surface area contributed by atoms with Gasteiger partial charge in [0.05, 0.1) is 33.3 Å². The highest BCUT2D eigenvalue weighted by Gasteiger charge is 2.19. The van der Waals surface area contributed by atoms with Gasteiger partial charge in [-0.2, -0.15) is 0 Å². The molecule has 260 valence electrons. The molecule has 9 aromatic carbocycles. The lowest BCUT2D eigenvalue weighted by atomic mass is 9.99. The van der Waals surface area contributed by atoms with Gasteiger partial charge < -0.3 is 9.13 Å². The van der Waals surface area contributed by atoms with Crippen LogP contribution in [-0.2, 0) is 0 Å². The van der Waals surface area contributed by atoms with E-state index in [9.17, 15) is 0 Å². The van der Waals surface area contributed by atoms with Crippen LogP contribution in [0.1, 0.15) is 0 Å². The Balaban J connectivity index is 1.09. The van der Waals surface area contributed by atoms with Crippen molar-refractivity contribution >= 4 is 76.1 Å². The van der Waals surface area contributed by atoms with Gasteiger partial charge in [0.2, 0.25) is 0 Å². The van der Waals surface area contributed by atoms with Gasteiger partial charge >= 0.3 is 0 Å². The topological polar surface area (TPSA) is 35.6 Å². The van der Waals surface area contributed by atoms with Crippen LogP contribution in [0.5, 0.6) is 0 Å². The predicted octanol–water partition coefficient (Wildman–Crippen LogP) is 13.5. The third-order valence-corrected chi connectivity index (χ3v) is 11.5. The second-order valence-corrected chi connectivity index (χ2v) is 14.6. The van der Waals surface area contributed by atoms with E-state index in [4.69, 9.17) is 9.97 Å². The van der Waals surface area contributed by atoms with Gasteiger partial charge in [0.25, 0.3) is 0 Å². The lowest BCUT2D eigenvalue weighted by molar-refractivity contribution is 1.16. The fourth-order valence-corrected chi connectivity index (χ4v) is 8.94. The minimum absolute atomic E-state index is 0.702. The molecule has 0 amide bonds. The highest BCUT2D eigenvalue weighted by atomic mass is 15.0. The van der Waals surface area contributed by atoms with Gasteiger partial charge in [0.15, 0.2) is 5.82 Å². The number of rotatable bonds is 4. The van der Waals surface area contributed by atoms with Crippen LogP contribution in [0.25, 0.3) is 110 Å². The van der Waals surface area contributed by atoms with Crippen LogP contribution in [-0.4, -0.2) is 19.1 Å². The molecule has 4 heteroatoms. The van der Waals surface area contributed by atoms with Crippen LogP contribution >= 0.6 is 0 Å². The molecular weight excluding hydrogens is 681 g/mol. The van der Waals surface area contributed by atoms with Crippen molar-refractivity contribution in [3.63, 3.8) is 0 Å². The van der Waals surface area contributed by atoms with Crippen molar-refractivity contribution in [1.82, 2.24) is 19.1 Å². The summed E-state index contributed by atoms with van der Waals surface area (Å²) in [5.74, 6) is 0.702. The maximum Gasteiger partial charge on any atom is 0.160 e. The molecule has 0 aliphatic carbocycles. The number of fused-ring (bicyclic) bond motifs is 9. The average Bonchev–Trinajstić information content (AvgIpc) is 3.77. The highest BCUT2D eigenvalue weighted by molar-refractivity contribution is 6.15. The van der Waals surface area contributed by atoms with Gasteiger partial charge in [-0.15, -0.1) is 0 Å². The summed E-state index contributed by atoms with van der Waals surface area (Å²) < 4.78 is 4.81. The Labute approximate surface area is 322 Å². The lowest BCUT2D eigenvalue weighted by Crippen LogP contribution is -1.98. The fourth-order valence-electron chi connectivity index (χ4n) is 8.94. The number of hydrogen-bond acceptors (Lipinski definition) is 2. The first-order valence-corrected chi connectivity index (χ1v) is 19.1. The van der Waals surface area contributed by atoms with Gasteiger partial charge in [-0.25, -0.2) is 9.97 Å². The van der Waals surface area contributed by atoms with Crippen molar-refractivity contribution in [3.8, 4) is 34.0 Å². The molecule has 0 N–H and O–H groups in total. The zero-order valence-corrected chi connectivity index (χ0v) is 30.3. The van der Waals surface area contributed by atoms with E-state index in [2.05, 4.69) is 203 Å². The largest absolute Gasteiger partial charge is 0.309 e. The molecule has 0 bridgehead atoms. The molecule has 4 nitrogen and oxygen atoms in total. The second kappa shape index (κ2) is 12.0. The molecule has 0 atom stereocenters. The van der Waals surface area contributed by atoms with E-state index >= 15 is 0 Å². The summed E-state index contributed by atoms with van der Waals surface area (Å²) in [5.41, 5.74) is 10.8. The Bertz CT molecular complexity index is 3490. The zero-order valence-electron chi connectivity index (χ0n) is 30.3. The second-order valence-electron chi connectivity index (χ2n) is 14.6. The smallest absolute Gasteiger partial charge is 0.160 e. The van der Waals surface area contributed by atoms with Crippen molar-refractivity contribution in [2.45, 2.75) is 0 Å². The molecule has 0 saturated heterocycles. The standard InChI is InChI=1S/C52H32N4/c1-2-15-35-31-50-44(30-34(35)14-1)45-32-38(55-47-25-9-6-20-40(47)41-21-7-10-26-48(41)55)27-28-49(45)56(50)37-18-11-17-36(29-37)52-53-46-24-8-5-22-43(46)51(54-52)42-23-12-16-33-13-3-4-19-39(33)42/h1-32H. The molecule has 0 spiro atoms.